The third-order valence-corrected chi connectivity index (χ3v) is 4.03. The smallest absolute Gasteiger partial charge is 0.255 e. The van der Waals surface area contributed by atoms with Crippen LogP contribution in [0.1, 0.15) is 17.3 Å². The maximum Gasteiger partial charge on any atom is 0.255 e. The first-order valence-electron chi connectivity index (χ1n) is 8.43. The summed E-state index contributed by atoms with van der Waals surface area (Å²) in [6.07, 6.45) is 0. The van der Waals surface area contributed by atoms with Gasteiger partial charge in [0.1, 0.15) is 17.2 Å². The zero-order valence-electron chi connectivity index (χ0n) is 15.9. The highest BCUT2D eigenvalue weighted by Gasteiger charge is 2.18. The molecule has 144 valence electrons. The molecule has 1 N–H and O–H groups in total. The molecule has 7 nitrogen and oxygen atoms in total. The van der Waals surface area contributed by atoms with Gasteiger partial charge in [0.05, 0.1) is 32.6 Å². The molecular formula is C20H24N2O5. The Labute approximate surface area is 158 Å². The molecule has 0 fully saturated rings. The molecule has 0 saturated heterocycles. The fourth-order valence-electron chi connectivity index (χ4n) is 2.66. The molecule has 0 unspecified atom stereocenters. The van der Waals surface area contributed by atoms with Crippen molar-refractivity contribution in [1.82, 2.24) is 5.32 Å². The lowest BCUT2D eigenvalue weighted by atomic mass is 10.2. The van der Waals surface area contributed by atoms with Gasteiger partial charge in [0.25, 0.3) is 5.91 Å². The van der Waals surface area contributed by atoms with Gasteiger partial charge in [-0.05, 0) is 24.3 Å². The second-order valence-corrected chi connectivity index (χ2v) is 5.66. The van der Waals surface area contributed by atoms with E-state index in [1.807, 2.05) is 0 Å². The van der Waals surface area contributed by atoms with E-state index >= 15 is 0 Å². The lowest BCUT2D eigenvalue weighted by Gasteiger charge is -2.24. The number of carbonyl (C=O) groups excluding carboxylic acids is 2. The molecule has 0 saturated carbocycles. The highest BCUT2D eigenvalue weighted by molar-refractivity contribution is 5.97. The van der Waals surface area contributed by atoms with Crippen molar-refractivity contribution >= 4 is 17.5 Å². The second kappa shape index (κ2) is 9.47. The molecule has 2 amide bonds. The van der Waals surface area contributed by atoms with Gasteiger partial charge in [-0.2, -0.15) is 0 Å². The van der Waals surface area contributed by atoms with Gasteiger partial charge in [0.15, 0.2) is 0 Å². The molecule has 0 radical (unpaired) electrons. The van der Waals surface area contributed by atoms with Crippen LogP contribution in [0.3, 0.4) is 0 Å². The van der Waals surface area contributed by atoms with Crippen LogP contribution in [0.5, 0.6) is 17.2 Å². The van der Waals surface area contributed by atoms with Gasteiger partial charge in [-0.15, -0.1) is 0 Å². The van der Waals surface area contributed by atoms with Crippen LogP contribution in [0.2, 0.25) is 0 Å². The van der Waals surface area contributed by atoms with Crippen molar-refractivity contribution in [2.75, 3.05) is 39.3 Å². The zero-order chi connectivity index (χ0) is 19.8. The van der Waals surface area contributed by atoms with Crippen molar-refractivity contribution in [3.8, 4) is 17.2 Å². The number of hydrogen-bond donors (Lipinski definition) is 1. The van der Waals surface area contributed by atoms with Gasteiger partial charge in [-0.1, -0.05) is 12.1 Å². The predicted octanol–water partition coefficient (Wildman–Crippen LogP) is 2.50. The van der Waals surface area contributed by atoms with Crippen molar-refractivity contribution in [3.05, 3.63) is 48.0 Å². The summed E-state index contributed by atoms with van der Waals surface area (Å²) in [5.41, 5.74) is 1.02. The SMILES string of the molecule is COc1ccc(OC)c(N(CCNC(=O)c2ccccc2OC)C(C)=O)c1. The molecule has 0 aromatic heterocycles. The predicted molar refractivity (Wildman–Crippen MR) is 103 cm³/mol. The molecular weight excluding hydrogens is 348 g/mol. The van der Waals surface area contributed by atoms with E-state index in [1.54, 1.807) is 49.6 Å². The Balaban J connectivity index is 2.12. The molecule has 0 heterocycles. The first-order chi connectivity index (χ1) is 13.0. The number of anilines is 1. The van der Waals surface area contributed by atoms with Gasteiger partial charge < -0.3 is 24.4 Å². The van der Waals surface area contributed by atoms with Crippen LogP contribution >= 0.6 is 0 Å². The van der Waals surface area contributed by atoms with Gasteiger partial charge >= 0.3 is 0 Å². The third kappa shape index (κ3) is 4.91. The minimum Gasteiger partial charge on any atom is -0.497 e. The van der Waals surface area contributed by atoms with Crippen molar-refractivity contribution in [1.29, 1.82) is 0 Å². The van der Waals surface area contributed by atoms with E-state index < -0.39 is 0 Å². The first-order valence-corrected chi connectivity index (χ1v) is 8.43. The quantitative estimate of drug-likeness (QED) is 0.770. The number of carbonyl (C=O) groups is 2. The summed E-state index contributed by atoms with van der Waals surface area (Å²) < 4.78 is 15.8. The van der Waals surface area contributed by atoms with Crippen molar-refractivity contribution in [2.45, 2.75) is 6.92 Å². The van der Waals surface area contributed by atoms with Crippen LogP contribution in [0.25, 0.3) is 0 Å². The van der Waals surface area contributed by atoms with Gasteiger partial charge in [0.2, 0.25) is 5.91 Å². The minimum absolute atomic E-state index is 0.173. The van der Waals surface area contributed by atoms with Gasteiger partial charge in [0, 0.05) is 26.1 Å². The number of para-hydroxylation sites is 1. The molecule has 0 atom stereocenters. The van der Waals surface area contributed by atoms with Gasteiger partial charge in [-0.25, -0.2) is 0 Å². The van der Waals surface area contributed by atoms with Crippen molar-refractivity contribution in [3.63, 3.8) is 0 Å². The Kier molecular flexibility index (Phi) is 7.05. The fraction of sp³-hybridized carbons (Fsp3) is 0.300. The van der Waals surface area contributed by atoms with Crippen LogP contribution in [0.4, 0.5) is 5.69 Å². The summed E-state index contributed by atoms with van der Waals surface area (Å²) in [6.45, 7) is 2.00. The number of amides is 2. The summed E-state index contributed by atoms with van der Waals surface area (Å²) in [5.74, 6) is 1.20. The van der Waals surface area contributed by atoms with E-state index in [0.29, 0.717) is 28.5 Å². The topological polar surface area (TPSA) is 77.1 Å². The Hall–Kier alpha value is -3.22. The first kappa shape index (κ1) is 20.1. The standard InChI is InChI=1S/C20H24N2O5/c1-14(23)22(17-13-15(25-2)9-10-19(17)27-4)12-11-21-20(24)16-7-5-6-8-18(16)26-3/h5-10,13H,11-12H2,1-4H3,(H,21,24). The number of benzene rings is 2. The van der Waals surface area contributed by atoms with Crippen LogP contribution in [0.15, 0.2) is 42.5 Å². The van der Waals surface area contributed by atoms with E-state index in [4.69, 9.17) is 14.2 Å². The summed E-state index contributed by atoms with van der Waals surface area (Å²) in [7, 11) is 4.60. The Morgan fingerprint density at radius 2 is 1.67 bits per heavy atom. The number of nitrogens with one attached hydrogen (secondary N) is 1. The summed E-state index contributed by atoms with van der Waals surface area (Å²) in [5, 5.41) is 2.81. The number of ether oxygens (including phenoxy) is 3. The molecule has 27 heavy (non-hydrogen) atoms. The summed E-state index contributed by atoms with van der Waals surface area (Å²) >= 11 is 0. The molecule has 0 spiro atoms. The number of rotatable bonds is 8. The van der Waals surface area contributed by atoms with E-state index in [0.717, 1.165) is 0 Å². The molecule has 0 aliphatic rings. The van der Waals surface area contributed by atoms with Crippen molar-refractivity contribution < 1.29 is 23.8 Å². The third-order valence-electron chi connectivity index (χ3n) is 4.03. The van der Waals surface area contributed by atoms with Crippen LogP contribution < -0.4 is 24.4 Å². The molecule has 0 bridgehead atoms. The number of methoxy groups -OCH3 is 3. The van der Waals surface area contributed by atoms with E-state index in [2.05, 4.69) is 5.32 Å². The average molecular weight is 372 g/mol. The maximum absolute atomic E-state index is 12.4. The Morgan fingerprint density at radius 1 is 0.963 bits per heavy atom. The lowest BCUT2D eigenvalue weighted by Crippen LogP contribution is -2.37. The molecule has 7 heteroatoms. The number of hydrogen-bond acceptors (Lipinski definition) is 5. The molecule has 2 rings (SSSR count). The second-order valence-electron chi connectivity index (χ2n) is 5.66. The van der Waals surface area contributed by atoms with Gasteiger partial charge in [-0.3, -0.25) is 9.59 Å². The molecule has 0 aliphatic carbocycles. The van der Waals surface area contributed by atoms with E-state index in [1.165, 1.54) is 26.0 Å². The molecule has 0 aliphatic heterocycles. The largest absolute Gasteiger partial charge is 0.497 e. The Bertz CT molecular complexity index is 807. The fourth-order valence-corrected chi connectivity index (χ4v) is 2.66. The van der Waals surface area contributed by atoms with Crippen LogP contribution in [-0.4, -0.2) is 46.2 Å². The van der Waals surface area contributed by atoms with Crippen LogP contribution in [-0.2, 0) is 4.79 Å². The monoisotopic (exact) mass is 372 g/mol. The van der Waals surface area contributed by atoms with Crippen molar-refractivity contribution in [2.24, 2.45) is 0 Å². The summed E-state index contributed by atoms with van der Waals surface area (Å²) in [6, 6.07) is 12.2. The van der Waals surface area contributed by atoms with Crippen LogP contribution in [0, 0.1) is 0 Å². The number of nitrogens with zero attached hydrogens (tertiary/aromatic N) is 1. The lowest BCUT2D eigenvalue weighted by molar-refractivity contribution is -0.116. The minimum atomic E-state index is -0.270. The Morgan fingerprint density at radius 3 is 2.30 bits per heavy atom. The molecule has 2 aromatic rings. The highest BCUT2D eigenvalue weighted by Crippen LogP contribution is 2.32. The van der Waals surface area contributed by atoms with E-state index in [-0.39, 0.29) is 24.9 Å². The summed E-state index contributed by atoms with van der Waals surface area (Å²) in [4.78, 5) is 26.1. The van der Waals surface area contributed by atoms with E-state index in [9.17, 15) is 9.59 Å². The molecule has 2 aromatic carbocycles. The average Bonchev–Trinajstić information content (AvgIpc) is 2.70. The highest BCUT2D eigenvalue weighted by atomic mass is 16.5. The zero-order valence-corrected chi connectivity index (χ0v) is 15.9. The maximum atomic E-state index is 12.4. The normalized spacial score (nSPS) is 10.1.